The number of aromatic carboxylic acids is 1. The van der Waals surface area contributed by atoms with Crippen molar-refractivity contribution < 1.29 is 14.7 Å². The molecule has 0 spiro atoms. The number of amides is 2. The van der Waals surface area contributed by atoms with Gasteiger partial charge in [-0.05, 0) is 24.6 Å². The number of aromatic nitrogens is 2. The maximum absolute atomic E-state index is 12.8. The van der Waals surface area contributed by atoms with Gasteiger partial charge in [0.15, 0.2) is 11.5 Å². The second-order valence-electron chi connectivity index (χ2n) is 6.01. The lowest BCUT2D eigenvalue weighted by molar-refractivity contribution is 0.0690. The number of carbonyl (C=O) groups is 2. The number of nitrogens with zero attached hydrogens (tertiary/aromatic N) is 4. The first-order valence-corrected chi connectivity index (χ1v) is 7.84. The third kappa shape index (κ3) is 2.67. The van der Waals surface area contributed by atoms with Gasteiger partial charge in [-0.1, -0.05) is 11.5 Å². The Morgan fingerprint density at radius 3 is 2.92 bits per heavy atom. The lowest BCUT2D eigenvalue weighted by Gasteiger charge is -2.35. The topological polar surface area (TPSA) is 98.7 Å². The zero-order valence-corrected chi connectivity index (χ0v) is 13.2. The third-order valence-corrected chi connectivity index (χ3v) is 4.41. The molecule has 0 saturated carbocycles. The van der Waals surface area contributed by atoms with Crippen LogP contribution in [-0.4, -0.2) is 54.1 Å². The first kappa shape index (κ1) is 15.4. The molecule has 4 heterocycles. The van der Waals surface area contributed by atoms with Gasteiger partial charge in [0.2, 0.25) is 0 Å². The fourth-order valence-corrected chi connectivity index (χ4v) is 3.28. The lowest BCUT2D eigenvalue weighted by Crippen LogP contribution is -2.48. The minimum Gasteiger partial charge on any atom is -0.477 e. The average molecular weight is 335 g/mol. The number of nitrogens with one attached hydrogen (secondary N) is 1. The van der Waals surface area contributed by atoms with Crippen LogP contribution in [0.4, 0.5) is 22.1 Å². The SMILES string of the molecule is [B]c1ccnc(NC(=O)N2c3nc(C(=O)O)ccc3N3CCC2C3)c1. The number of hydrogen-bond donors (Lipinski definition) is 2. The molecule has 2 aromatic rings. The molecule has 2 N–H and O–H groups in total. The Morgan fingerprint density at radius 1 is 1.32 bits per heavy atom. The summed E-state index contributed by atoms with van der Waals surface area (Å²) in [5, 5.41) is 11.9. The number of carboxylic acids is 1. The summed E-state index contributed by atoms with van der Waals surface area (Å²) >= 11 is 0. The zero-order valence-electron chi connectivity index (χ0n) is 13.2. The maximum Gasteiger partial charge on any atom is 0.354 e. The van der Waals surface area contributed by atoms with E-state index in [4.69, 9.17) is 7.85 Å². The van der Waals surface area contributed by atoms with E-state index in [9.17, 15) is 14.7 Å². The Labute approximate surface area is 144 Å². The van der Waals surface area contributed by atoms with Crippen LogP contribution < -0.4 is 20.6 Å². The van der Waals surface area contributed by atoms with E-state index in [0.29, 0.717) is 23.6 Å². The Balaban J connectivity index is 1.71. The first-order valence-electron chi connectivity index (χ1n) is 7.84. The van der Waals surface area contributed by atoms with Crippen LogP contribution in [-0.2, 0) is 0 Å². The van der Waals surface area contributed by atoms with Gasteiger partial charge in [0.1, 0.15) is 13.7 Å². The highest BCUT2D eigenvalue weighted by Gasteiger charge is 2.40. The van der Waals surface area contributed by atoms with Crippen molar-refractivity contribution in [2.75, 3.05) is 28.2 Å². The summed E-state index contributed by atoms with van der Waals surface area (Å²) in [6.45, 7) is 1.49. The molecular formula is C16H14BN5O3. The van der Waals surface area contributed by atoms with Gasteiger partial charge in [0.05, 0.1) is 11.7 Å². The molecule has 2 radical (unpaired) electrons. The van der Waals surface area contributed by atoms with Crippen molar-refractivity contribution in [2.24, 2.45) is 0 Å². The van der Waals surface area contributed by atoms with E-state index < -0.39 is 12.0 Å². The molecule has 0 aliphatic carbocycles. The second kappa shape index (κ2) is 5.76. The van der Waals surface area contributed by atoms with Crippen LogP contribution >= 0.6 is 0 Å². The summed E-state index contributed by atoms with van der Waals surface area (Å²) in [5.74, 6) is -0.440. The van der Waals surface area contributed by atoms with Crippen LogP contribution in [0.25, 0.3) is 0 Å². The van der Waals surface area contributed by atoms with Crippen molar-refractivity contribution in [3.63, 3.8) is 0 Å². The number of fused-ring (bicyclic) bond motifs is 4. The molecule has 124 valence electrons. The van der Waals surface area contributed by atoms with Crippen molar-refractivity contribution in [3.05, 3.63) is 36.2 Å². The molecule has 0 aromatic carbocycles. The normalized spacial score (nSPS) is 18.0. The summed E-state index contributed by atoms with van der Waals surface area (Å²) in [6, 6.07) is 5.87. The molecule has 25 heavy (non-hydrogen) atoms. The van der Waals surface area contributed by atoms with Gasteiger partial charge < -0.3 is 10.0 Å². The Morgan fingerprint density at radius 2 is 2.16 bits per heavy atom. The molecule has 9 heteroatoms. The summed E-state index contributed by atoms with van der Waals surface area (Å²) < 4.78 is 0. The molecule has 2 amide bonds. The fraction of sp³-hybridized carbons (Fsp3) is 0.250. The standard InChI is InChI=1S/C16H14BN5O3/c17-9-3-5-18-13(7-9)20-16(25)22-10-4-6-21(8-10)12-2-1-11(15(23)24)19-14(12)22/h1-3,5,7,10H,4,6,8H2,(H,23,24)(H,18,20,25). The summed E-state index contributed by atoms with van der Waals surface area (Å²) in [6.07, 6.45) is 2.30. The highest BCUT2D eigenvalue weighted by Crippen LogP contribution is 2.39. The number of urea groups is 1. The minimum absolute atomic E-state index is 0.0647. The number of anilines is 3. The van der Waals surface area contributed by atoms with Gasteiger partial charge in [-0.25, -0.2) is 19.6 Å². The Kier molecular flexibility index (Phi) is 3.56. The molecular weight excluding hydrogens is 321 g/mol. The molecule has 1 atom stereocenters. The van der Waals surface area contributed by atoms with Gasteiger partial charge in [-0.15, -0.1) is 0 Å². The number of rotatable bonds is 2. The number of carboxylic acid groups (broad SMARTS) is 1. The predicted molar refractivity (Wildman–Crippen MR) is 92.9 cm³/mol. The fourth-order valence-electron chi connectivity index (χ4n) is 3.28. The third-order valence-electron chi connectivity index (χ3n) is 4.41. The van der Waals surface area contributed by atoms with E-state index in [1.807, 2.05) is 0 Å². The number of hydrogen-bond acceptors (Lipinski definition) is 5. The van der Waals surface area contributed by atoms with Gasteiger partial charge >= 0.3 is 12.0 Å². The summed E-state index contributed by atoms with van der Waals surface area (Å²) in [7, 11) is 5.71. The predicted octanol–water partition coefficient (Wildman–Crippen LogP) is 0.599. The second-order valence-corrected chi connectivity index (χ2v) is 6.01. The van der Waals surface area contributed by atoms with Crippen molar-refractivity contribution >= 4 is 42.6 Å². The van der Waals surface area contributed by atoms with Crippen molar-refractivity contribution in [1.82, 2.24) is 9.97 Å². The number of pyridine rings is 2. The van der Waals surface area contributed by atoms with Gasteiger partial charge in [-0.2, -0.15) is 0 Å². The Hall–Kier alpha value is -3.10. The highest BCUT2D eigenvalue weighted by atomic mass is 16.4. The zero-order chi connectivity index (χ0) is 17.6. The minimum atomic E-state index is -1.13. The molecule has 1 fully saturated rings. The van der Waals surface area contributed by atoms with Gasteiger partial charge in [-0.3, -0.25) is 10.2 Å². The highest BCUT2D eigenvalue weighted by molar-refractivity contribution is 6.32. The van der Waals surface area contributed by atoms with Crippen molar-refractivity contribution in [3.8, 4) is 0 Å². The van der Waals surface area contributed by atoms with Crippen LogP contribution in [0.15, 0.2) is 30.5 Å². The van der Waals surface area contributed by atoms with Crippen LogP contribution in [0.2, 0.25) is 0 Å². The van der Waals surface area contributed by atoms with Crippen LogP contribution in [0.5, 0.6) is 0 Å². The quantitative estimate of drug-likeness (QED) is 0.780. The molecule has 2 aliphatic heterocycles. The summed E-state index contributed by atoms with van der Waals surface area (Å²) in [5.41, 5.74) is 1.15. The van der Waals surface area contributed by atoms with Gasteiger partial charge in [0, 0.05) is 19.3 Å². The smallest absolute Gasteiger partial charge is 0.354 e. The average Bonchev–Trinajstić information content (AvgIpc) is 2.99. The van der Waals surface area contributed by atoms with Crippen molar-refractivity contribution in [2.45, 2.75) is 12.5 Å². The molecule has 2 aromatic heterocycles. The van der Waals surface area contributed by atoms with E-state index >= 15 is 0 Å². The molecule has 1 unspecified atom stereocenters. The maximum atomic E-state index is 12.8. The van der Waals surface area contributed by atoms with Gasteiger partial charge in [0.25, 0.3) is 0 Å². The Bertz CT molecular complexity index is 875. The van der Waals surface area contributed by atoms with E-state index in [1.165, 1.54) is 17.2 Å². The number of carbonyl (C=O) groups excluding carboxylic acids is 1. The van der Waals surface area contributed by atoms with E-state index in [-0.39, 0.29) is 11.7 Å². The molecule has 4 rings (SSSR count). The lowest BCUT2D eigenvalue weighted by atomic mass is 9.98. The van der Waals surface area contributed by atoms with E-state index in [2.05, 4.69) is 20.2 Å². The van der Waals surface area contributed by atoms with E-state index in [1.54, 1.807) is 18.2 Å². The van der Waals surface area contributed by atoms with Crippen LogP contribution in [0.3, 0.4) is 0 Å². The first-order chi connectivity index (χ1) is 12.0. The van der Waals surface area contributed by atoms with Crippen molar-refractivity contribution in [1.29, 1.82) is 0 Å². The van der Waals surface area contributed by atoms with Crippen LogP contribution in [0.1, 0.15) is 16.9 Å². The molecule has 1 saturated heterocycles. The van der Waals surface area contributed by atoms with Crippen LogP contribution in [0, 0.1) is 0 Å². The molecule has 2 bridgehead atoms. The largest absolute Gasteiger partial charge is 0.477 e. The monoisotopic (exact) mass is 335 g/mol. The molecule has 8 nitrogen and oxygen atoms in total. The molecule has 2 aliphatic rings. The van der Waals surface area contributed by atoms with E-state index in [0.717, 1.165) is 18.7 Å². The summed E-state index contributed by atoms with van der Waals surface area (Å²) in [4.78, 5) is 36.0.